The summed E-state index contributed by atoms with van der Waals surface area (Å²) in [6, 6.07) is 13.9. The minimum absolute atomic E-state index is 0.118. The van der Waals surface area contributed by atoms with Crippen LogP contribution in [0.25, 0.3) is 11.0 Å². The molecule has 6 heteroatoms. The SMILES string of the molecule is CCOc1nc2ccccc2nc1C(=O)N1CCN(c2cccc(C)c2C)CC1. The molecule has 1 amide bonds. The van der Waals surface area contributed by atoms with Crippen molar-refractivity contribution in [2.24, 2.45) is 0 Å². The van der Waals surface area contributed by atoms with Crippen LogP contribution in [0.15, 0.2) is 42.5 Å². The van der Waals surface area contributed by atoms with Gasteiger partial charge in [-0.15, -0.1) is 0 Å². The van der Waals surface area contributed by atoms with Crippen molar-refractivity contribution in [1.29, 1.82) is 0 Å². The Bertz CT molecular complexity index is 1040. The largest absolute Gasteiger partial charge is 0.476 e. The van der Waals surface area contributed by atoms with Crippen LogP contribution in [-0.4, -0.2) is 53.6 Å². The molecule has 4 rings (SSSR count). The number of amides is 1. The lowest BCUT2D eigenvalue weighted by Gasteiger charge is -2.37. The van der Waals surface area contributed by atoms with Crippen molar-refractivity contribution in [3.05, 3.63) is 59.3 Å². The van der Waals surface area contributed by atoms with E-state index in [2.05, 4.69) is 46.9 Å². The average molecular weight is 390 g/mol. The topological polar surface area (TPSA) is 58.6 Å². The number of benzene rings is 2. The summed E-state index contributed by atoms with van der Waals surface area (Å²) in [5.74, 6) is 0.195. The summed E-state index contributed by atoms with van der Waals surface area (Å²) < 4.78 is 5.64. The van der Waals surface area contributed by atoms with E-state index in [4.69, 9.17) is 4.74 Å². The predicted molar refractivity (Wildman–Crippen MR) is 115 cm³/mol. The van der Waals surface area contributed by atoms with Gasteiger partial charge in [-0.2, -0.15) is 0 Å². The minimum Gasteiger partial charge on any atom is -0.476 e. The molecular formula is C23H26N4O2. The van der Waals surface area contributed by atoms with Crippen LogP contribution in [0.2, 0.25) is 0 Å². The number of hydrogen-bond acceptors (Lipinski definition) is 5. The number of aryl methyl sites for hydroxylation is 1. The Morgan fingerprint density at radius 3 is 2.34 bits per heavy atom. The molecule has 6 nitrogen and oxygen atoms in total. The molecule has 0 atom stereocenters. The van der Waals surface area contributed by atoms with Gasteiger partial charge >= 0.3 is 0 Å². The van der Waals surface area contributed by atoms with E-state index in [0.717, 1.165) is 18.6 Å². The molecular weight excluding hydrogens is 364 g/mol. The van der Waals surface area contributed by atoms with Gasteiger partial charge in [0.15, 0.2) is 5.69 Å². The third-order valence-electron chi connectivity index (χ3n) is 5.51. The number of rotatable bonds is 4. The monoisotopic (exact) mass is 390 g/mol. The van der Waals surface area contributed by atoms with Gasteiger partial charge in [0.05, 0.1) is 17.6 Å². The number of nitrogens with zero attached hydrogens (tertiary/aromatic N) is 4. The fraction of sp³-hybridized carbons (Fsp3) is 0.348. The lowest BCUT2D eigenvalue weighted by Crippen LogP contribution is -2.49. The van der Waals surface area contributed by atoms with Crippen LogP contribution in [-0.2, 0) is 0 Å². The molecule has 0 radical (unpaired) electrons. The molecule has 0 bridgehead atoms. The summed E-state index contributed by atoms with van der Waals surface area (Å²) in [6.45, 7) is 9.48. The standard InChI is InChI=1S/C23H26N4O2/c1-4-29-22-21(24-18-9-5-6-10-19(18)25-22)23(28)27-14-12-26(13-15-27)20-11-7-8-16(2)17(20)3/h5-11H,4,12-15H2,1-3H3. The summed E-state index contributed by atoms with van der Waals surface area (Å²) in [5, 5.41) is 0. The minimum atomic E-state index is -0.118. The van der Waals surface area contributed by atoms with Crippen molar-refractivity contribution in [2.75, 3.05) is 37.7 Å². The lowest BCUT2D eigenvalue weighted by molar-refractivity contribution is 0.0735. The Morgan fingerprint density at radius 2 is 1.66 bits per heavy atom. The molecule has 1 aliphatic heterocycles. The second-order valence-electron chi connectivity index (χ2n) is 7.30. The van der Waals surface area contributed by atoms with Crippen molar-refractivity contribution in [3.63, 3.8) is 0 Å². The van der Waals surface area contributed by atoms with Gasteiger partial charge in [0, 0.05) is 31.9 Å². The number of fused-ring (bicyclic) bond motifs is 1. The predicted octanol–water partition coefficient (Wildman–Crippen LogP) is 3.61. The van der Waals surface area contributed by atoms with Crippen LogP contribution in [0.3, 0.4) is 0 Å². The van der Waals surface area contributed by atoms with Crippen molar-refractivity contribution in [1.82, 2.24) is 14.9 Å². The van der Waals surface area contributed by atoms with Gasteiger partial charge in [0.2, 0.25) is 5.88 Å². The highest BCUT2D eigenvalue weighted by Gasteiger charge is 2.27. The van der Waals surface area contributed by atoms with E-state index in [-0.39, 0.29) is 5.91 Å². The van der Waals surface area contributed by atoms with Crippen LogP contribution in [0, 0.1) is 13.8 Å². The zero-order valence-electron chi connectivity index (χ0n) is 17.2. The van der Waals surface area contributed by atoms with Crippen LogP contribution in [0.4, 0.5) is 5.69 Å². The zero-order chi connectivity index (χ0) is 20.4. The second kappa shape index (κ2) is 8.07. The lowest BCUT2D eigenvalue weighted by atomic mass is 10.1. The maximum atomic E-state index is 13.2. The van der Waals surface area contributed by atoms with Gasteiger partial charge < -0.3 is 14.5 Å². The van der Waals surface area contributed by atoms with E-state index >= 15 is 0 Å². The van der Waals surface area contributed by atoms with Crippen molar-refractivity contribution < 1.29 is 9.53 Å². The number of hydrogen-bond donors (Lipinski definition) is 0. The maximum Gasteiger partial charge on any atom is 0.278 e. The first kappa shape index (κ1) is 19.2. The van der Waals surface area contributed by atoms with Gasteiger partial charge in [-0.3, -0.25) is 4.79 Å². The Balaban J connectivity index is 1.55. The fourth-order valence-electron chi connectivity index (χ4n) is 3.74. The molecule has 0 unspecified atom stereocenters. The van der Waals surface area contributed by atoms with Crippen LogP contribution >= 0.6 is 0 Å². The van der Waals surface area contributed by atoms with Crippen LogP contribution in [0.1, 0.15) is 28.5 Å². The number of piperazine rings is 1. The summed E-state index contributed by atoms with van der Waals surface area (Å²) in [6.07, 6.45) is 0. The second-order valence-corrected chi connectivity index (χ2v) is 7.30. The number of aromatic nitrogens is 2. The summed E-state index contributed by atoms with van der Waals surface area (Å²) in [5.41, 5.74) is 5.56. The molecule has 0 saturated carbocycles. The highest BCUT2D eigenvalue weighted by atomic mass is 16.5. The van der Waals surface area contributed by atoms with Crippen molar-refractivity contribution in [3.8, 4) is 5.88 Å². The van der Waals surface area contributed by atoms with E-state index in [1.165, 1.54) is 16.8 Å². The van der Waals surface area contributed by atoms with E-state index in [1.54, 1.807) is 0 Å². The normalized spacial score (nSPS) is 14.3. The smallest absolute Gasteiger partial charge is 0.278 e. The summed E-state index contributed by atoms with van der Waals surface area (Å²) in [4.78, 5) is 26.5. The van der Waals surface area contributed by atoms with E-state index in [0.29, 0.717) is 36.8 Å². The van der Waals surface area contributed by atoms with Gasteiger partial charge in [0.1, 0.15) is 0 Å². The molecule has 3 aromatic rings. The molecule has 0 N–H and O–H groups in total. The number of ether oxygens (including phenoxy) is 1. The number of anilines is 1. The molecule has 150 valence electrons. The molecule has 2 heterocycles. The number of para-hydroxylation sites is 2. The first-order valence-corrected chi connectivity index (χ1v) is 10.1. The summed E-state index contributed by atoms with van der Waals surface area (Å²) >= 11 is 0. The number of carbonyl (C=O) groups excluding carboxylic acids is 1. The van der Waals surface area contributed by atoms with Gasteiger partial charge in [-0.05, 0) is 50.1 Å². The van der Waals surface area contributed by atoms with Gasteiger partial charge in [-0.25, -0.2) is 9.97 Å². The molecule has 1 fully saturated rings. The number of carbonyl (C=O) groups is 1. The summed E-state index contributed by atoms with van der Waals surface area (Å²) in [7, 11) is 0. The van der Waals surface area contributed by atoms with Crippen molar-refractivity contribution >= 4 is 22.6 Å². The molecule has 29 heavy (non-hydrogen) atoms. The fourth-order valence-corrected chi connectivity index (χ4v) is 3.74. The molecule has 1 aliphatic rings. The van der Waals surface area contributed by atoms with E-state index in [1.807, 2.05) is 36.1 Å². The highest BCUT2D eigenvalue weighted by molar-refractivity contribution is 5.96. The Morgan fingerprint density at radius 1 is 0.966 bits per heavy atom. The van der Waals surface area contributed by atoms with Crippen LogP contribution in [0.5, 0.6) is 5.88 Å². The maximum absolute atomic E-state index is 13.2. The molecule has 0 spiro atoms. The zero-order valence-corrected chi connectivity index (χ0v) is 17.2. The quantitative estimate of drug-likeness (QED) is 0.681. The Labute approximate surface area is 171 Å². The highest BCUT2D eigenvalue weighted by Crippen LogP contribution is 2.25. The van der Waals surface area contributed by atoms with Gasteiger partial charge in [0.25, 0.3) is 5.91 Å². The van der Waals surface area contributed by atoms with E-state index in [9.17, 15) is 4.79 Å². The molecule has 0 aliphatic carbocycles. The molecule has 1 saturated heterocycles. The third-order valence-corrected chi connectivity index (χ3v) is 5.51. The third kappa shape index (κ3) is 3.75. The first-order valence-electron chi connectivity index (χ1n) is 10.1. The molecule has 1 aromatic heterocycles. The Hall–Kier alpha value is -3.15. The van der Waals surface area contributed by atoms with Crippen molar-refractivity contribution in [2.45, 2.75) is 20.8 Å². The molecule has 2 aromatic carbocycles. The first-order chi connectivity index (χ1) is 14.1. The van der Waals surface area contributed by atoms with Crippen LogP contribution < -0.4 is 9.64 Å². The average Bonchev–Trinajstić information content (AvgIpc) is 2.75. The van der Waals surface area contributed by atoms with Gasteiger partial charge in [-0.1, -0.05) is 24.3 Å². The van der Waals surface area contributed by atoms with E-state index < -0.39 is 0 Å². The Kier molecular flexibility index (Phi) is 5.34.